The highest BCUT2D eigenvalue weighted by Crippen LogP contribution is 2.48. The zero-order chi connectivity index (χ0) is 14.8. The molecule has 0 radical (unpaired) electrons. The van der Waals surface area contributed by atoms with Gasteiger partial charge in [0.1, 0.15) is 0 Å². The Hall–Kier alpha value is -0.670. The monoisotopic (exact) mass is 316 g/mol. The molecule has 1 aromatic carbocycles. The van der Waals surface area contributed by atoms with E-state index in [0.29, 0.717) is 10.9 Å². The summed E-state index contributed by atoms with van der Waals surface area (Å²) >= 11 is 6.17. The van der Waals surface area contributed by atoms with Crippen LogP contribution >= 0.6 is 19.2 Å². The predicted octanol–water partition coefficient (Wildman–Crippen LogP) is 3.82. The lowest BCUT2D eigenvalue weighted by molar-refractivity contribution is 0.0967. The van der Waals surface area contributed by atoms with Gasteiger partial charge in [-0.05, 0) is 38.8 Å². The van der Waals surface area contributed by atoms with Crippen LogP contribution in [0.15, 0.2) is 18.2 Å². The molecular weight excluding hydrogens is 299 g/mol. The highest BCUT2D eigenvalue weighted by atomic mass is 35.5. The molecule has 20 heavy (non-hydrogen) atoms. The van der Waals surface area contributed by atoms with Gasteiger partial charge < -0.3 is 9.05 Å². The predicted molar refractivity (Wildman–Crippen MR) is 79.0 cm³/mol. The lowest BCUT2D eigenvalue weighted by Gasteiger charge is -2.18. The summed E-state index contributed by atoms with van der Waals surface area (Å²) in [6.07, 6.45) is 1.88. The van der Waals surface area contributed by atoms with Crippen LogP contribution < -0.4 is 5.30 Å². The van der Waals surface area contributed by atoms with Gasteiger partial charge in [0.15, 0.2) is 5.78 Å². The second kappa shape index (κ2) is 6.40. The van der Waals surface area contributed by atoms with E-state index in [2.05, 4.69) is 0 Å². The van der Waals surface area contributed by atoms with Gasteiger partial charge in [-0.1, -0.05) is 17.7 Å². The van der Waals surface area contributed by atoms with Crippen LogP contribution in [0.4, 0.5) is 0 Å². The molecule has 0 aliphatic heterocycles. The molecule has 0 bridgehead atoms. The Kier molecular flexibility index (Phi) is 5.03. The van der Waals surface area contributed by atoms with Gasteiger partial charge in [-0.2, -0.15) is 0 Å². The minimum absolute atomic E-state index is 0.0982. The number of hydrogen-bond acceptors (Lipinski definition) is 4. The van der Waals surface area contributed by atoms with Crippen molar-refractivity contribution in [3.8, 4) is 0 Å². The second-order valence-corrected chi connectivity index (χ2v) is 7.04. The number of carbonyl (C=O) groups excluding carboxylic acids is 1. The third-order valence-electron chi connectivity index (χ3n) is 3.07. The fourth-order valence-corrected chi connectivity index (χ4v) is 4.09. The summed E-state index contributed by atoms with van der Waals surface area (Å²) in [5, 5.41) is 0.567. The minimum atomic E-state index is -3.41. The molecule has 0 amide bonds. The van der Waals surface area contributed by atoms with Crippen LogP contribution in [0.2, 0.25) is 5.02 Å². The van der Waals surface area contributed by atoms with Gasteiger partial charge in [0, 0.05) is 11.5 Å². The molecule has 1 aromatic rings. The lowest BCUT2D eigenvalue weighted by atomic mass is 10.1. The van der Waals surface area contributed by atoms with Gasteiger partial charge in [-0.25, -0.2) is 0 Å². The van der Waals surface area contributed by atoms with E-state index in [4.69, 9.17) is 20.6 Å². The topological polar surface area (TPSA) is 52.6 Å². The smallest absolute Gasteiger partial charge is 0.305 e. The quantitative estimate of drug-likeness (QED) is 0.567. The normalized spacial score (nSPS) is 15.3. The van der Waals surface area contributed by atoms with E-state index >= 15 is 0 Å². The first kappa shape index (κ1) is 15.7. The Morgan fingerprint density at radius 3 is 2.35 bits per heavy atom. The number of carbonyl (C=O) groups is 1. The number of halogens is 1. The van der Waals surface area contributed by atoms with Crippen molar-refractivity contribution >= 4 is 30.3 Å². The van der Waals surface area contributed by atoms with Crippen LogP contribution in [0.3, 0.4) is 0 Å². The highest BCUT2D eigenvalue weighted by Gasteiger charge is 2.33. The molecular formula is C14H18ClO4P. The third-order valence-corrected chi connectivity index (χ3v) is 5.69. The Labute approximate surface area is 123 Å². The molecule has 0 unspecified atom stereocenters. The van der Waals surface area contributed by atoms with Gasteiger partial charge in [-0.15, -0.1) is 0 Å². The van der Waals surface area contributed by atoms with Crippen molar-refractivity contribution in [3.05, 3.63) is 28.8 Å². The zero-order valence-corrected chi connectivity index (χ0v) is 13.2. The zero-order valence-electron chi connectivity index (χ0n) is 11.6. The highest BCUT2D eigenvalue weighted by molar-refractivity contribution is 7.62. The van der Waals surface area contributed by atoms with E-state index in [0.717, 1.165) is 12.8 Å². The molecule has 0 saturated heterocycles. The number of Topliss-reactive ketones (excluding diaryl/α,β-unsaturated/α-hetero) is 1. The summed E-state index contributed by atoms with van der Waals surface area (Å²) in [5.41, 5.74) is 0.556. The standard InChI is InChI=1S/C14H18ClO4P/c1-3-18-20(17,19-4-2)13-8-7-11(9-12(13)15)14(16)10-5-6-10/h7-10H,3-6H2,1-2H3. The fourth-order valence-electron chi connectivity index (χ4n) is 1.98. The van der Waals surface area contributed by atoms with Gasteiger partial charge in [-0.3, -0.25) is 9.36 Å². The lowest BCUT2D eigenvalue weighted by Crippen LogP contribution is -2.13. The Balaban J connectivity index is 2.32. The third kappa shape index (κ3) is 3.32. The van der Waals surface area contributed by atoms with Crippen molar-refractivity contribution in [1.82, 2.24) is 0 Å². The molecule has 0 aromatic heterocycles. The molecule has 6 heteroatoms. The molecule has 1 aliphatic carbocycles. The van der Waals surface area contributed by atoms with Gasteiger partial charge >= 0.3 is 7.60 Å². The average molecular weight is 317 g/mol. The van der Waals surface area contributed by atoms with Gasteiger partial charge in [0.05, 0.1) is 23.5 Å². The molecule has 1 saturated carbocycles. The van der Waals surface area contributed by atoms with Crippen molar-refractivity contribution in [1.29, 1.82) is 0 Å². The van der Waals surface area contributed by atoms with Crippen molar-refractivity contribution < 1.29 is 18.4 Å². The molecule has 0 spiro atoms. The molecule has 0 heterocycles. The minimum Gasteiger partial charge on any atom is -0.305 e. The summed E-state index contributed by atoms with van der Waals surface area (Å²) in [6.45, 7) is 4.00. The molecule has 0 atom stereocenters. The summed E-state index contributed by atoms with van der Waals surface area (Å²) < 4.78 is 23.2. The van der Waals surface area contributed by atoms with Crippen molar-refractivity contribution in [2.24, 2.45) is 5.92 Å². The first-order valence-electron chi connectivity index (χ1n) is 6.75. The molecule has 4 nitrogen and oxygen atoms in total. The van der Waals surface area contributed by atoms with E-state index in [1.54, 1.807) is 32.0 Å². The van der Waals surface area contributed by atoms with E-state index in [9.17, 15) is 9.36 Å². The van der Waals surface area contributed by atoms with Crippen LogP contribution in [0.5, 0.6) is 0 Å². The molecule has 110 valence electrons. The summed E-state index contributed by atoms with van der Waals surface area (Å²) in [5.74, 6) is 0.226. The number of benzene rings is 1. The number of ketones is 1. The van der Waals surface area contributed by atoms with Crippen LogP contribution in [0.1, 0.15) is 37.0 Å². The maximum atomic E-state index is 12.6. The van der Waals surface area contributed by atoms with Crippen LogP contribution in [0, 0.1) is 5.92 Å². The molecule has 1 fully saturated rings. The Morgan fingerprint density at radius 1 is 1.30 bits per heavy atom. The second-order valence-electron chi connectivity index (χ2n) is 4.64. The molecule has 1 aliphatic rings. The van der Waals surface area contributed by atoms with Crippen molar-refractivity contribution in [2.45, 2.75) is 26.7 Å². The SMILES string of the molecule is CCOP(=O)(OCC)c1ccc(C(=O)C2CC2)cc1Cl. The van der Waals surface area contributed by atoms with Crippen LogP contribution in [0.25, 0.3) is 0 Å². The van der Waals surface area contributed by atoms with E-state index in [1.165, 1.54) is 0 Å². The average Bonchev–Trinajstić information content (AvgIpc) is 3.22. The van der Waals surface area contributed by atoms with Crippen LogP contribution in [-0.4, -0.2) is 19.0 Å². The summed E-state index contributed by atoms with van der Waals surface area (Å²) in [4.78, 5) is 12.0. The van der Waals surface area contributed by atoms with Crippen molar-refractivity contribution in [3.63, 3.8) is 0 Å². The first-order chi connectivity index (χ1) is 9.51. The van der Waals surface area contributed by atoms with E-state index in [1.807, 2.05) is 0 Å². The summed E-state index contributed by atoms with van der Waals surface area (Å²) in [6, 6.07) is 4.78. The Morgan fingerprint density at radius 2 is 1.90 bits per heavy atom. The first-order valence-corrected chi connectivity index (χ1v) is 8.67. The van der Waals surface area contributed by atoms with Crippen molar-refractivity contribution in [2.75, 3.05) is 13.2 Å². The van der Waals surface area contributed by atoms with Gasteiger partial charge in [0.2, 0.25) is 0 Å². The van der Waals surface area contributed by atoms with E-state index < -0.39 is 7.60 Å². The Bertz CT molecular complexity index is 544. The van der Waals surface area contributed by atoms with Gasteiger partial charge in [0.25, 0.3) is 0 Å². The van der Waals surface area contributed by atoms with Crippen LogP contribution in [-0.2, 0) is 13.6 Å². The maximum Gasteiger partial charge on any atom is 0.362 e. The maximum absolute atomic E-state index is 12.6. The number of rotatable bonds is 7. The largest absolute Gasteiger partial charge is 0.362 e. The number of hydrogen-bond donors (Lipinski definition) is 0. The van der Waals surface area contributed by atoms with E-state index in [-0.39, 0.29) is 29.9 Å². The fraction of sp³-hybridized carbons (Fsp3) is 0.500. The molecule has 2 rings (SSSR count). The summed E-state index contributed by atoms with van der Waals surface area (Å²) in [7, 11) is -3.41. The molecule has 0 N–H and O–H groups in total.